The van der Waals surface area contributed by atoms with Crippen LogP contribution >= 0.6 is 0 Å². The van der Waals surface area contributed by atoms with Gasteiger partial charge in [-0.1, -0.05) is 13.0 Å². The zero-order chi connectivity index (χ0) is 15.5. The Labute approximate surface area is 128 Å². The number of rotatable bonds is 5. The van der Waals surface area contributed by atoms with E-state index in [1.807, 2.05) is 32.0 Å². The van der Waals surface area contributed by atoms with Crippen molar-refractivity contribution in [1.29, 1.82) is 0 Å². The van der Waals surface area contributed by atoms with Gasteiger partial charge in [-0.2, -0.15) is 0 Å². The summed E-state index contributed by atoms with van der Waals surface area (Å²) in [6.07, 6.45) is 0.729. The number of benzene rings is 1. The normalized spacial score (nSPS) is 14.9. The molecular formula is C15H18N4O3. The van der Waals surface area contributed by atoms with E-state index in [2.05, 4.69) is 20.8 Å². The van der Waals surface area contributed by atoms with Crippen molar-refractivity contribution < 1.29 is 13.9 Å². The van der Waals surface area contributed by atoms with Crippen LogP contribution in [0.3, 0.4) is 0 Å². The van der Waals surface area contributed by atoms with Gasteiger partial charge in [-0.25, -0.2) is 0 Å². The van der Waals surface area contributed by atoms with Crippen LogP contribution in [0.2, 0.25) is 0 Å². The summed E-state index contributed by atoms with van der Waals surface area (Å²) in [7, 11) is 0. The van der Waals surface area contributed by atoms with Crippen LogP contribution in [0.1, 0.15) is 37.2 Å². The van der Waals surface area contributed by atoms with E-state index in [1.54, 1.807) is 0 Å². The molecule has 0 aliphatic carbocycles. The highest BCUT2D eigenvalue weighted by Crippen LogP contribution is 2.30. The van der Waals surface area contributed by atoms with Gasteiger partial charge in [0.15, 0.2) is 6.61 Å². The standard InChI is InChI=1S/C15H18N4O3/c1-3-14-18-19-15(22-14)7-16-9(2)10-4-5-12-11(6-10)17-13(20)8-21-12/h4-6,9,16H,3,7-8H2,1-2H3,(H,17,20). The Kier molecular flexibility index (Phi) is 4.06. The predicted molar refractivity (Wildman–Crippen MR) is 79.5 cm³/mol. The molecule has 7 heteroatoms. The van der Waals surface area contributed by atoms with Crippen molar-refractivity contribution in [1.82, 2.24) is 15.5 Å². The Bertz CT molecular complexity index is 683. The van der Waals surface area contributed by atoms with Crippen molar-refractivity contribution in [3.8, 4) is 5.75 Å². The maximum atomic E-state index is 11.4. The average molecular weight is 302 g/mol. The van der Waals surface area contributed by atoms with E-state index in [0.29, 0.717) is 29.8 Å². The monoisotopic (exact) mass is 302 g/mol. The van der Waals surface area contributed by atoms with E-state index in [-0.39, 0.29) is 18.6 Å². The van der Waals surface area contributed by atoms with Gasteiger partial charge < -0.3 is 19.8 Å². The SMILES string of the molecule is CCc1nnc(CNC(C)c2ccc3c(c2)NC(=O)CO3)o1. The molecule has 2 N–H and O–H groups in total. The molecule has 1 aromatic carbocycles. The van der Waals surface area contributed by atoms with Crippen LogP contribution < -0.4 is 15.4 Å². The van der Waals surface area contributed by atoms with Crippen LogP contribution in [0.15, 0.2) is 22.6 Å². The van der Waals surface area contributed by atoms with E-state index in [1.165, 1.54) is 0 Å². The number of hydrogen-bond acceptors (Lipinski definition) is 6. The molecule has 0 saturated heterocycles. The molecule has 1 atom stereocenters. The summed E-state index contributed by atoms with van der Waals surface area (Å²) in [5.41, 5.74) is 1.74. The van der Waals surface area contributed by atoms with Gasteiger partial charge >= 0.3 is 0 Å². The first kappa shape index (κ1) is 14.5. The lowest BCUT2D eigenvalue weighted by atomic mass is 10.1. The second-order valence-corrected chi connectivity index (χ2v) is 5.14. The Balaban J connectivity index is 1.65. The quantitative estimate of drug-likeness (QED) is 0.875. The van der Waals surface area contributed by atoms with Gasteiger partial charge in [0.2, 0.25) is 11.8 Å². The summed E-state index contributed by atoms with van der Waals surface area (Å²) in [5.74, 6) is 1.76. The molecule has 116 valence electrons. The van der Waals surface area contributed by atoms with E-state index < -0.39 is 0 Å². The van der Waals surface area contributed by atoms with Crippen LogP contribution in [0.5, 0.6) is 5.75 Å². The number of anilines is 1. The van der Waals surface area contributed by atoms with Crippen LogP contribution in [-0.2, 0) is 17.8 Å². The molecule has 1 aromatic heterocycles. The molecule has 0 saturated carbocycles. The Morgan fingerprint density at radius 2 is 2.18 bits per heavy atom. The highest BCUT2D eigenvalue weighted by Gasteiger charge is 2.17. The first-order chi connectivity index (χ1) is 10.7. The van der Waals surface area contributed by atoms with Crippen LogP contribution in [0.25, 0.3) is 0 Å². The van der Waals surface area contributed by atoms with Crippen molar-refractivity contribution in [2.24, 2.45) is 0 Å². The molecule has 1 aliphatic rings. The largest absolute Gasteiger partial charge is 0.482 e. The number of carbonyl (C=O) groups excluding carboxylic acids is 1. The fourth-order valence-electron chi connectivity index (χ4n) is 2.23. The number of hydrogen-bond donors (Lipinski definition) is 2. The number of aryl methyl sites for hydroxylation is 1. The van der Waals surface area contributed by atoms with Crippen LogP contribution in [0.4, 0.5) is 5.69 Å². The summed E-state index contributed by atoms with van der Waals surface area (Å²) in [5, 5.41) is 14.0. The van der Waals surface area contributed by atoms with Crippen molar-refractivity contribution in [3.05, 3.63) is 35.5 Å². The summed E-state index contributed by atoms with van der Waals surface area (Å²) < 4.78 is 10.8. The van der Waals surface area contributed by atoms with E-state index >= 15 is 0 Å². The van der Waals surface area contributed by atoms with Gasteiger partial charge in [-0.05, 0) is 24.6 Å². The summed E-state index contributed by atoms with van der Waals surface area (Å²) in [6.45, 7) is 4.56. The zero-order valence-electron chi connectivity index (χ0n) is 12.5. The van der Waals surface area contributed by atoms with Crippen LogP contribution in [-0.4, -0.2) is 22.7 Å². The number of ether oxygens (including phenoxy) is 1. The summed E-state index contributed by atoms with van der Waals surface area (Å²) in [4.78, 5) is 11.4. The van der Waals surface area contributed by atoms with Gasteiger partial charge in [0.1, 0.15) is 5.75 Å². The highest BCUT2D eigenvalue weighted by atomic mass is 16.5. The number of amides is 1. The lowest BCUT2D eigenvalue weighted by Gasteiger charge is -2.20. The number of aromatic nitrogens is 2. The Morgan fingerprint density at radius 3 is 2.95 bits per heavy atom. The average Bonchev–Trinajstić information content (AvgIpc) is 3.00. The van der Waals surface area contributed by atoms with Gasteiger partial charge in [-0.15, -0.1) is 10.2 Å². The van der Waals surface area contributed by atoms with Gasteiger partial charge in [0.25, 0.3) is 5.91 Å². The Morgan fingerprint density at radius 1 is 1.36 bits per heavy atom. The second kappa shape index (κ2) is 6.15. The highest BCUT2D eigenvalue weighted by molar-refractivity contribution is 5.95. The Hall–Kier alpha value is -2.41. The molecular weight excluding hydrogens is 284 g/mol. The summed E-state index contributed by atoms with van der Waals surface area (Å²) in [6, 6.07) is 5.82. The third-order valence-electron chi connectivity index (χ3n) is 3.51. The molecule has 0 bridgehead atoms. The van der Waals surface area contributed by atoms with Crippen molar-refractivity contribution in [2.45, 2.75) is 32.9 Å². The van der Waals surface area contributed by atoms with Gasteiger partial charge in [-0.3, -0.25) is 4.79 Å². The third kappa shape index (κ3) is 3.09. The van der Waals surface area contributed by atoms with Crippen molar-refractivity contribution in [3.63, 3.8) is 0 Å². The minimum absolute atomic E-state index is 0.0665. The number of fused-ring (bicyclic) bond motifs is 1. The van der Waals surface area contributed by atoms with Crippen molar-refractivity contribution in [2.75, 3.05) is 11.9 Å². The molecule has 0 fully saturated rings. The zero-order valence-corrected chi connectivity index (χ0v) is 12.5. The molecule has 1 amide bonds. The second-order valence-electron chi connectivity index (χ2n) is 5.14. The fourth-order valence-corrected chi connectivity index (χ4v) is 2.23. The third-order valence-corrected chi connectivity index (χ3v) is 3.51. The molecule has 3 rings (SSSR count). The topological polar surface area (TPSA) is 89.3 Å². The lowest BCUT2D eigenvalue weighted by Crippen LogP contribution is -2.26. The summed E-state index contributed by atoms with van der Waals surface area (Å²) >= 11 is 0. The number of nitrogens with zero attached hydrogens (tertiary/aromatic N) is 2. The molecule has 0 radical (unpaired) electrons. The van der Waals surface area contributed by atoms with Gasteiger partial charge in [0, 0.05) is 12.5 Å². The molecule has 1 aliphatic heterocycles. The lowest BCUT2D eigenvalue weighted by molar-refractivity contribution is -0.118. The minimum atomic E-state index is -0.136. The molecule has 22 heavy (non-hydrogen) atoms. The minimum Gasteiger partial charge on any atom is -0.482 e. The van der Waals surface area contributed by atoms with E-state index in [4.69, 9.17) is 9.15 Å². The number of nitrogens with one attached hydrogen (secondary N) is 2. The first-order valence-electron chi connectivity index (χ1n) is 7.27. The smallest absolute Gasteiger partial charge is 0.262 e. The molecule has 1 unspecified atom stereocenters. The first-order valence-corrected chi connectivity index (χ1v) is 7.27. The predicted octanol–water partition coefficient (Wildman–Crippen LogP) is 1.81. The van der Waals surface area contributed by atoms with Gasteiger partial charge in [0.05, 0.1) is 12.2 Å². The molecule has 2 aromatic rings. The van der Waals surface area contributed by atoms with E-state index in [9.17, 15) is 4.79 Å². The maximum absolute atomic E-state index is 11.4. The maximum Gasteiger partial charge on any atom is 0.262 e. The molecule has 7 nitrogen and oxygen atoms in total. The molecule has 2 heterocycles. The van der Waals surface area contributed by atoms with Crippen molar-refractivity contribution >= 4 is 11.6 Å². The fraction of sp³-hybridized carbons (Fsp3) is 0.400. The molecule has 0 spiro atoms. The number of carbonyl (C=O) groups is 1. The van der Waals surface area contributed by atoms with E-state index in [0.717, 1.165) is 12.0 Å². The van der Waals surface area contributed by atoms with Crippen LogP contribution in [0, 0.1) is 0 Å².